The molecular weight excluding hydrogens is 254 g/mol. The van der Waals surface area contributed by atoms with Crippen LogP contribution in [0.25, 0.3) is 5.69 Å². The molecule has 5 nitrogen and oxygen atoms in total. The van der Waals surface area contributed by atoms with Gasteiger partial charge in [-0.2, -0.15) is 5.10 Å². The van der Waals surface area contributed by atoms with Crippen molar-refractivity contribution in [2.45, 2.75) is 6.92 Å². The van der Waals surface area contributed by atoms with Crippen LogP contribution in [0.15, 0.2) is 29.1 Å². The smallest absolute Gasteiger partial charge is 0.211 e. The van der Waals surface area contributed by atoms with Gasteiger partial charge < -0.3 is 5.73 Å². The third-order valence-corrected chi connectivity index (χ3v) is 2.51. The summed E-state index contributed by atoms with van der Waals surface area (Å²) in [5.41, 5.74) is 5.15. The molecule has 2 rings (SSSR count). The SMILES string of the molecule is Cc1cc(=O)c(C(=N)N)nn1-c1ccc(F)c(F)c1. The van der Waals surface area contributed by atoms with E-state index in [1.54, 1.807) is 6.92 Å². The van der Waals surface area contributed by atoms with Gasteiger partial charge in [0.05, 0.1) is 5.69 Å². The van der Waals surface area contributed by atoms with E-state index in [4.69, 9.17) is 11.1 Å². The van der Waals surface area contributed by atoms with Gasteiger partial charge in [0.15, 0.2) is 17.3 Å². The first-order valence-electron chi connectivity index (χ1n) is 5.31. The summed E-state index contributed by atoms with van der Waals surface area (Å²) in [5.74, 6) is -2.49. The maximum Gasteiger partial charge on any atom is 0.211 e. The Morgan fingerprint density at radius 1 is 1.32 bits per heavy atom. The molecule has 0 atom stereocenters. The molecule has 7 heteroatoms. The minimum atomic E-state index is -1.03. The van der Waals surface area contributed by atoms with Crippen LogP contribution in [0.1, 0.15) is 11.4 Å². The van der Waals surface area contributed by atoms with E-state index in [2.05, 4.69) is 5.10 Å². The summed E-state index contributed by atoms with van der Waals surface area (Å²) < 4.78 is 27.3. The lowest BCUT2D eigenvalue weighted by atomic mass is 10.2. The lowest BCUT2D eigenvalue weighted by Crippen LogP contribution is -2.27. The largest absolute Gasteiger partial charge is 0.382 e. The molecule has 0 aliphatic carbocycles. The fraction of sp³-hybridized carbons (Fsp3) is 0.0833. The van der Waals surface area contributed by atoms with Crippen molar-refractivity contribution < 1.29 is 8.78 Å². The first-order chi connectivity index (χ1) is 8.90. The van der Waals surface area contributed by atoms with Crippen LogP contribution < -0.4 is 11.2 Å². The highest BCUT2D eigenvalue weighted by atomic mass is 19.2. The number of benzene rings is 1. The van der Waals surface area contributed by atoms with E-state index in [9.17, 15) is 13.6 Å². The lowest BCUT2D eigenvalue weighted by molar-refractivity contribution is 0.507. The molecule has 0 saturated carbocycles. The number of amidine groups is 1. The number of halogens is 2. The maximum absolute atomic E-state index is 13.2. The summed E-state index contributed by atoms with van der Waals surface area (Å²) in [6.45, 7) is 1.58. The van der Waals surface area contributed by atoms with Crippen molar-refractivity contribution in [3.8, 4) is 5.69 Å². The monoisotopic (exact) mass is 264 g/mol. The highest BCUT2D eigenvalue weighted by molar-refractivity contribution is 5.92. The van der Waals surface area contributed by atoms with Gasteiger partial charge in [0, 0.05) is 17.8 Å². The average molecular weight is 264 g/mol. The lowest BCUT2D eigenvalue weighted by Gasteiger charge is -2.10. The molecule has 0 fully saturated rings. The normalized spacial score (nSPS) is 10.5. The highest BCUT2D eigenvalue weighted by Crippen LogP contribution is 2.13. The average Bonchev–Trinajstić information content (AvgIpc) is 2.32. The summed E-state index contributed by atoms with van der Waals surface area (Å²) in [5, 5.41) is 11.1. The third kappa shape index (κ3) is 2.35. The Kier molecular flexibility index (Phi) is 3.12. The van der Waals surface area contributed by atoms with Gasteiger partial charge in [-0.3, -0.25) is 10.2 Å². The van der Waals surface area contributed by atoms with Crippen molar-refractivity contribution in [2.24, 2.45) is 5.73 Å². The number of rotatable bonds is 2. The molecule has 3 N–H and O–H groups in total. The molecule has 1 aromatic carbocycles. The van der Waals surface area contributed by atoms with Crippen LogP contribution in [0.2, 0.25) is 0 Å². The molecule has 2 aromatic rings. The third-order valence-electron chi connectivity index (χ3n) is 2.51. The number of hydrogen-bond donors (Lipinski definition) is 2. The van der Waals surface area contributed by atoms with Crippen molar-refractivity contribution in [3.63, 3.8) is 0 Å². The standard InChI is InChI=1S/C12H10F2N4O/c1-6-4-10(19)11(12(15)16)17-18(6)7-2-3-8(13)9(14)5-7/h2-5H,1H3,(H3,15,16). The zero-order chi connectivity index (χ0) is 14.2. The summed E-state index contributed by atoms with van der Waals surface area (Å²) in [6, 6.07) is 4.44. The molecule has 0 aliphatic rings. The zero-order valence-electron chi connectivity index (χ0n) is 9.95. The summed E-state index contributed by atoms with van der Waals surface area (Å²) in [4.78, 5) is 11.6. The number of nitrogens with one attached hydrogen (secondary N) is 1. The van der Waals surface area contributed by atoms with E-state index in [-0.39, 0.29) is 11.4 Å². The molecule has 0 radical (unpaired) electrons. The molecule has 19 heavy (non-hydrogen) atoms. The Morgan fingerprint density at radius 3 is 2.58 bits per heavy atom. The van der Waals surface area contributed by atoms with E-state index in [1.807, 2.05) is 0 Å². The Morgan fingerprint density at radius 2 is 2.00 bits per heavy atom. The second-order valence-electron chi connectivity index (χ2n) is 3.92. The predicted octanol–water partition coefficient (Wildman–Crippen LogP) is 1.10. The predicted molar refractivity (Wildman–Crippen MR) is 65.5 cm³/mol. The second-order valence-corrected chi connectivity index (χ2v) is 3.92. The number of hydrogen-bond acceptors (Lipinski definition) is 3. The Balaban J connectivity index is 2.68. The fourth-order valence-corrected chi connectivity index (χ4v) is 1.61. The van der Waals surface area contributed by atoms with Crippen molar-refractivity contribution in [1.29, 1.82) is 5.41 Å². The van der Waals surface area contributed by atoms with Gasteiger partial charge in [0.25, 0.3) is 0 Å². The minimum absolute atomic E-state index is 0.235. The fourth-order valence-electron chi connectivity index (χ4n) is 1.61. The molecule has 0 bridgehead atoms. The molecule has 0 saturated heterocycles. The Labute approximate surface area is 106 Å². The van der Waals surface area contributed by atoms with Crippen molar-refractivity contribution in [1.82, 2.24) is 9.78 Å². The van der Waals surface area contributed by atoms with Crippen LogP contribution in [0.4, 0.5) is 8.78 Å². The molecule has 0 spiro atoms. The first kappa shape index (κ1) is 12.9. The van der Waals surface area contributed by atoms with Gasteiger partial charge in [0.2, 0.25) is 5.43 Å². The summed E-state index contributed by atoms with van der Waals surface area (Å²) in [7, 11) is 0. The van der Waals surface area contributed by atoms with E-state index < -0.39 is 22.9 Å². The van der Waals surface area contributed by atoms with Crippen LogP contribution in [0, 0.1) is 24.0 Å². The molecule has 1 aromatic heterocycles. The van der Waals surface area contributed by atoms with Crippen molar-refractivity contribution in [2.75, 3.05) is 0 Å². The maximum atomic E-state index is 13.2. The van der Waals surface area contributed by atoms with Crippen LogP contribution >= 0.6 is 0 Å². The topological polar surface area (TPSA) is 84.8 Å². The van der Waals surface area contributed by atoms with Crippen molar-refractivity contribution >= 4 is 5.84 Å². The van der Waals surface area contributed by atoms with Gasteiger partial charge in [-0.15, -0.1) is 0 Å². The van der Waals surface area contributed by atoms with Gasteiger partial charge in [-0.05, 0) is 19.1 Å². The number of nitrogens with zero attached hydrogens (tertiary/aromatic N) is 2. The molecule has 98 valence electrons. The number of nitrogens with two attached hydrogens (primary N) is 1. The van der Waals surface area contributed by atoms with Gasteiger partial charge >= 0.3 is 0 Å². The van der Waals surface area contributed by atoms with Gasteiger partial charge in [0.1, 0.15) is 5.84 Å². The van der Waals surface area contributed by atoms with E-state index in [0.717, 1.165) is 12.1 Å². The van der Waals surface area contributed by atoms with Crippen LogP contribution in [-0.4, -0.2) is 15.6 Å². The number of aromatic nitrogens is 2. The van der Waals surface area contributed by atoms with E-state index in [1.165, 1.54) is 16.8 Å². The number of nitrogen functional groups attached to an aromatic ring is 1. The first-order valence-corrected chi connectivity index (χ1v) is 5.31. The Bertz CT molecular complexity index is 724. The minimum Gasteiger partial charge on any atom is -0.382 e. The van der Waals surface area contributed by atoms with Gasteiger partial charge in [-0.25, -0.2) is 13.5 Å². The molecule has 0 aliphatic heterocycles. The zero-order valence-corrected chi connectivity index (χ0v) is 9.95. The summed E-state index contributed by atoms with van der Waals surface area (Å²) in [6.07, 6.45) is 0. The molecule has 0 unspecified atom stereocenters. The van der Waals surface area contributed by atoms with Crippen LogP contribution in [-0.2, 0) is 0 Å². The second kappa shape index (κ2) is 4.60. The summed E-state index contributed by atoms with van der Waals surface area (Å²) >= 11 is 0. The quantitative estimate of drug-likeness (QED) is 0.629. The molecule has 0 amide bonds. The Hall–Kier alpha value is -2.57. The van der Waals surface area contributed by atoms with Gasteiger partial charge in [-0.1, -0.05) is 0 Å². The van der Waals surface area contributed by atoms with Crippen LogP contribution in [0.3, 0.4) is 0 Å². The number of aryl methyl sites for hydroxylation is 1. The van der Waals surface area contributed by atoms with E-state index >= 15 is 0 Å². The molecular formula is C12H10F2N4O. The van der Waals surface area contributed by atoms with Crippen molar-refractivity contribution in [3.05, 3.63) is 57.5 Å². The molecule has 1 heterocycles. The van der Waals surface area contributed by atoms with E-state index in [0.29, 0.717) is 5.69 Å². The van der Waals surface area contributed by atoms with Crippen LogP contribution in [0.5, 0.6) is 0 Å². The highest BCUT2D eigenvalue weighted by Gasteiger charge is 2.11.